The Morgan fingerprint density at radius 2 is 2.04 bits per heavy atom. The van der Waals surface area contributed by atoms with E-state index in [4.69, 9.17) is 0 Å². The van der Waals surface area contributed by atoms with E-state index in [-0.39, 0.29) is 29.2 Å². The average molecular weight is 375 g/mol. The van der Waals surface area contributed by atoms with E-state index < -0.39 is 10.0 Å². The molecule has 2 aromatic rings. The number of sulfonamides is 1. The molecule has 1 atom stereocenters. The first-order chi connectivity index (χ1) is 12.2. The minimum absolute atomic E-state index is 0.00760. The molecule has 1 aliphatic heterocycles. The van der Waals surface area contributed by atoms with Crippen LogP contribution in [0.2, 0.25) is 0 Å². The van der Waals surface area contributed by atoms with Gasteiger partial charge in [-0.3, -0.25) is 9.48 Å². The summed E-state index contributed by atoms with van der Waals surface area (Å²) in [4.78, 5) is 14.1. The highest BCUT2D eigenvalue weighted by molar-refractivity contribution is 7.90. The van der Waals surface area contributed by atoms with Crippen LogP contribution < -0.4 is 5.32 Å². The van der Waals surface area contributed by atoms with Gasteiger partial charge in [0.15, 0.2) is 5.84 Å². The highest BCUT2D eigenvalue weighted by Gasteiger charge is 2.31. The monoisotopic (exact) mass is 375 g/mol. The Morgan fingerprint density at radius 3 is 2.69 bits per heavy atom. The van der Waals surface area contributed by atoms with Crippen LogP contribution in [0.25, 0.3) is 0 Å². The number of carbonyl (C=O) groups is 1. The maximum Gasteiger partial charge on any atom is 0.285 e. The number of amides is 1. The number of nitrogens with one attached hydrogen (secondary N) is 1. The molecule has 3 rings (SSSR count). The summed E-state index contributed by atoms with van der Waals surface area (Å²) in [5.41, 5.74) is 2.43. The molecule has 0 bridgehead atoms. The lowest BCUT2D eigenvalue weighted by Gasteiger charge is -2.20. The second kappa shape index (κ2) is 6.56. The van der Waals surface area contributed by atoms with Gasteiger partial charge in [0.1, 0.15) is 4.90 Å². The zero-order valence-corrected chi connectivity index (χ0v) is 15.9. The minimum atomic E-state index is -3.70. The van der Waals surface area contributed by atoms with Gasteiger partial charge in [-0.15, -0.1) is 4.40 Å². The van der Waals surface area contributed by atoms with Gasteiger partial charge in [-0.05, 0) is 26.0 Å². The van der Waals surface area contributed by atoms with Crippen molar-refractivity contribution in [3.05, 3.63) is 47.3 Å². The first kappa shape index (κ1) is 18.1. The van der Waals surface area contributed by atoms with Crippen molar-refractivity contribution in [1.29, 1.82) is 0 Å². The minimum Gasteiger partial charge on any atom is -0.349 e. The quantitative estimate of drug-likeness (QED) is 0.859. The molecule has 0 aliphatic carbocycles. The topological polar surface area (TPSA) is 96.7 Å². The smallest absolute Gasteiger partial charge is 0.285 e. The predicted molar refractivity (Wildman–Crippen MR) is 97.3 cm³/mol. The van der Waals surface area contributed by atoms with Gasteiger partial charge in [-0.1, -0.05) is 12.1 Å². The van der Waals surface area contributed by atoms with Gasteiger partial charge in [-0.2, -0.15) is 13.5 Å². The van der Waals surface area contributed by atoms with E-state index in [0.29, 0.717) is 5.56 Å². The molecular weight excluding hydrogens is 354 g/mol. The highest BCUT2D eigenvalue weighted by Crippen LogP contribution is 2.26. The average Bonchev–Trinajstić information content (AvgIpc) is 3.05. The van der Waals surface area contributed by atoms with Crippen molar-refractivity contribution >= 4 is 21.8 Å². The molecule has 138 valence electrons. The van der Waals surface area contributed by atoms with Gasteiger partial charge in [0.05, 0.1) is 18.8 Å². The van der Waals surface area contributed by atoms with Crippen LogP contribution in [0.3, 0.4) is 0 Å². The number of likely N-dealkylation sites (N-methyl/N-ethyl adjacent to an activating group) is 1. The van der Waals surface area contributed by atoms with E-state index in [1.807, 2.05) is 20.9 Å². The van der Waals surface area contributed by atoms with Crippen molar-refractivity contribution in [3.8, 4) is 0 Å². The lowest BCUT2D eigenvalue weighted by molar-refractivity contribution is -0.121. The SMILES string of the molecule is Cc1c([C@@H](C)NC(=O)CN(C)C2=NS(=O)(=O)c3ccccc32)cnn1C. The Morgan fingerprint density at radius 1 is 1.35 bits per heavy atom. The molecule has 0 radical (unpaired) electrons. The maximum atomic E-state index is 12.4. The van der Waals surface area contributed by atoms with Gasteiger partial charge in [0.25, 0.3) is 10.0 Å². The molecule has 0 saturated carbocycles. The van der Waals surface area contributed by atoms with Crippen LogP contribution in [0, 0.1) is 6.92 Å². The summed E-state index contributed by atoms with van der Waals surface area (Å²) in [6, 6.07) is 6.40. The van der Waals surface area contributed by atoms with Crippen molar-refractivity contribution < 1.29 is 13.2 Å². The van der Waals surface area contributed by atoms with Crippen molar-refractivity contribution in [3.63, 3.8) is 0 Å². The first-order valence-corrected chi connectivity index (χ1v) is 9.58. The van der Waals surface area contributed by atoms with E-state index in [1.165, 1.54) is 6.07 Å². The van der Waals surface area contributed by atoms with Gasteiger partial charge in [0.2, 0.25) is 5.91 Å². The lowest BCUT2D eigenvalue weighted by atomic mass is 10.1. The second-order valence-corrected chi connectivity index (χ2v) is 7.91. The summed E-state index contributed by atoms with van der Waals surface area (Å²) in [6.07, 6.45) is 1.73. The third kappa shape index (κ3) is 3.22. The van der Waals surface area contributed by atoms with Gasteiger partial charge in [0, 0.05) is 30.9 Å². The van der Waals surface area contributed by atoms with Crippen LogP contribution in [-0.2, 0) is 21.9 Å². The largest absolute Gasteiger partial charge is 0.349 e. The Kier molecular flexibility index (Phi) is 4.57. The molecule has 1 aromatic carbocycles. The van der Waals surface area contributed by atoms with Crippen LogP contribution in [0.5, 0.6) is 0 Å². The zero-order valence-electron chi connectivity index (χ0n) is 15.1. The molecule has 0 fully saturated rings. The van der Waals surface area contributed by atoms with Gasteiger partial charge < -0.3 is 10.2 Å². The third-order valence-electron chi connectivity index (χ3n) is 4.47. The Hall–Kier alpha value is -2.68. The maximum absolute atomic E-state index is 12.4. The standard InChI is InChI=1S/C17H21N5O3S/c1-11(14-9-18-22(4)12(14)2)19-16(23)10-21(3)17-13-7-5-6-8-15(13)26(24,25)20-17/h5-9,11H,10H2,1-4H3,(H,19,23)/t11-/m1/s1. The van der Waals surface area contributed by atoms with Gasteiger partial charge >= 0.3 is 0 Å². The van der Waals surface area contributed by atoms with E-state index in [2.05, 4.69) is 14.8 Å². The molecule has 1 aromatic heterocycles. The molecule has 1 aliphatic rings. The first-order valence-electron chi connectivity index (χ1n) is 8.14. The number of rotatable bonds is 4. The summed E-state index contributed by atoms with van der Waals surface area (Å²) in [5.74, 6) is 0.0497. The fourth-order valence-electron chi connectivity index (χ4n) is 2.96. The van der Waals surface area contributed by atoms with Crippen LogP contribution in [-0.4, -0.2) is 48.4 Å². The highest BCUT2D eigenvalue weighted by atomic mass is 32.2. The second-order valence-electron chi connectivity index (χ2n) is 6.34. The van der Waals surface area contributed by atoms with Crippen molar-refractivity contribution in [2.75, 3.05) is 13.6 Å². The van der Waals surface area contributed by atoms with Crippen LogP contribution in [0.15, 0.2) is 39.8 Å². The van der Waals surface area contributed by atoms with Crippen LogP contribution in [0.1, 0.15) is 29.8 Å². The fourth-order valence-corrected chi connectivity index (χ4v) is 4.21. The number of carbonyl (C=O) groups excluding carboxylic acids is 1. The molecule has 2 heterocycles. The van der Waals surface area contributed by atoms with E-state index in [1.54, 1.807) is 41.0 Å². The molecule has 0 saturated heterocycles. The van der Waals surface area contributed by atoms with Crippen molar-refractivity contribution in [1.82, 2.24) is 20.0 Å². The number of hydrogen-bond donors (Lipinski definition) is 1. The molecule has 8 nitrogen and oxygen atoms in total. The lowest BCUT2D eigenvalue weighted by Crippen LogP contribution is -2.39. The summed E-state index contributed by atoms with van der Waals surface area (Å²) < 4.78 is 29.8. The summed E-state index contributed by atoms with van der Waals surface area (Å²) in [5, 5.41) is 7.09. The molecule has 1 amide bonds. The molecular formula is C17H21N5O3S. The number of fused-ring (bicyclic) bond motifs is 1. The summed E-state index contributed by atoms with van der Waals surface area (Å²) in [7, 11) is -0.208. The number of nitrogens with zero attached hydrogens (tertiary/aromatic N) is 4. The van der Waals surface area contributed by atoms with Crippen LogP contribution in [0.4, 0.5) is 0 Å². The number of aromatic nitrogens is 2. The van der Waals surface area contributed by atoms with Crippen molar-refractivity contribution in [2.24, 2.45) is 11.4 Å². The molecule has 0 spiro atoms. The van der Waals surface area contributed by atoms with E-state index in [9.17, 15) is 13.2 Å². The van der Waals surface area contributed by atoms with E-state index >= 15 is 0 Å². The summed E-state index contributed by atoms with van der Waals surface area (Å²) in [6.45, 7) is 3.81. The number of hydrogen-bond acceptors (Lipinski definition) is 5. The molecule has 26 heavy (non-hydrogen) atoms. The van der Waals surface area contributed by atoms with Gasteiger partial charge in [-0.25, -0.2) is 0 Å². The number of benzene rings is 1. The molecule has 9 heteroatoms. The predicted octanol–water partition coefficient (Wildman–Crippen LogP) is 0.987. The molecule has 0 unspecified atom stereocenters. The van der Waals surface area contributed by atoms with Crippen molar-refractivity contribution in [2.45, 2.75) is 24.8 Å². The number of amidine groups is 1. The normalized spacial score (nSPS) is 15.9. The van der Waals surface area contributed by atoms with E-state index in [0.717, 1.165) is 11.3 Å². The van der Waals surface area contributed by atoms with Crippen LogP contribution >= 0.6 is 0 Å². The summed E-state index contributed by atoms with van der Waals surface area (Å²) >= 11 is 0. The zero-order chi connectivity index (χ0) is 19.1. The fraction of sp³-hybridized carbons (Fsp3) is 0.353. The Labute approximate surface area is 152 Å². The molecule has 1 N–H and O–H groups in total. The Balaban J connectivity index is 1.72. The third-order valence-corrected chi connectivity index (χ3v) is 5.80. The Bertz CT molecular complexity index is 994. The number of aryl methyl sites for hydroxylation is 1.